The van der Waals surface area contributed by atoms with E-state index in [4.69, 9.17) is 11.6 Å². The van der Waals surface area contributed by atoms with Crippen LogP contribution in [0.4, 0.5) is 5.69 Å². The molecule has 0 spiro atoms. The fourth-order valence-corrected chi connectivity index (χ4v) is 5.26. The van der Waals surface area contributed by atoms with Crippen LogP contribution in [0.5, 0.6) is 0 Å². The number of nitrogens with zero attached hydrogens (tertiary/aromatic N) is 3. The number of piperazine rings is 1. The van der Waals surface area contributed by atoms with Gasteiger partial charge < -0.3 is 9.80 Å². The average molecular weight is 362 g/mol. The zero-order valence-electron chi connectivity index (χ0n) is 15.4. The first kappa shape index (κ1) is 17.6. The molecular weight excluding hydrogens is 330 g/mol. The summed E-state index contributed by atoms with van der Waals surface area (Å²) in [6.07, 6.45) is 8.64. The Morgan fingerprint density at radius 2 is 1.72 bits per heavy atom. The molecule has 2 aliphatic heterocycles. The molecule has 3 nitrogen and oxygen atoms in total. The summed E-state index contributed by atoms with van der Waals surface area (Å²) >= 11 is 6.16. The van der Waals surface area contributed by atoms with Crippen molar-refractivity contribution in [2.75, 3.05) is 50.7 Å². The Hall–Kier alpha value is -0.770. The smallest absolute Gasteiger partial charge is 0.0426 e. The van der Waals surface area contributed by atoms with Crippen molar-refractivity contribution >= 4 is 17.3 Å². The summed E-state index contributed by atoms with van der Waals surface area (Å²) in [4.78, 5) is 8.01. The Balaban J connectivity index is 1.28. The van der Waals surface area contributed by atoms with Crippen LogP contribution in [0, 0.1) is 5.92 Å². The fourth-order valence-electron chi connectivity index (χ4n) is 5.07. The minimum Gasteiger partial charge on any atom is -0.369 e. The lowest BCUT2D eigenvalue weighted by atomic mass is 10.0. The van der Waals surface area contributed by atoms with Crippen molar-refractivity contribution in [3.63, 3.8) is 0 Å². The maximum atomic E-state index is 6.16. The minimum absolute atomic E-state index is 0.775. The van der Waals surface area contributed by atoms with E-state index in [1.54, 1.807) is 0 Å². The standard InChI is InChI=1S/C21H32ClN3/c22-19-7-3-8-20(15-19)24-11-13-25(14-12-24)21-9-4-10-23(17-21)16-18-5-1-2-6-18/h3,7-8,15,18,21H,1-2,4-6,9-14,16-17H2. The van der Waals surface area contributed by atoms with E-state index in [0.717, 1.165) is 30.1 Å². The molecule has 1 saturated carbocycles. The quantitative estimate of drug-likeness (QED) is 0.798. The Kier molecular flexibility index (Phi) is 5.84. The molecule has 0 amide bonds. The minimum atomic E-state index is 0.775. The Morgan fingerprint density at radius 3 is 2.48 bits per heavy atom. The molecule has 0 aromatic heterocycles. The Bertz CT molecular complexity index is 550. The highest BCUT2D eigenvalue weighted by molar-refractivity contribution is 6.30. The summed E-state index contributed by atoms with van der Waals surface area (Å²) in [5, 5.41) is 0.842. The van der Waals surface area contributed by atoms with Crippen molar-refractivity contribution in [2.24, 2.45) is 5.92 Å². The van der Waals surface area contributed by atoms with Gasteiger partial charge in [-0.3, -0.25) is 4.90 Å². The second kappa shape index (κ2) is 8.28. The zero-order chi connectivity index (χ0) is 17.1. The van der Waals surface area contributed by atoms with Gasteiger partial charge in [0.15, 0.2) is 0 Å². The van der Waals surface area contributed by atoms with E-state index in [9.17, 15) is 0 Å². The number of hydrogen-bond donors (Lipinski definition) is 0. The molecule has 0 bridgehead atoms. The van der Waals surface area contributed by atoms with Crippen molar-refractivity contribution in [1.82, 2.24) is 9.80 Å². The van der Waals surface area contributed by atoms with Crippen LogP contribution in [0.3, 0.4) is 0 Å². The number of benzene rings is 1. The molecule has 138 valence electrons. The molecule has 2 saturated heterocycles. The molecule has 1 atom stereocenters. The largest absolute Gasteiger partial charge is 0.369 e. The summed E-state index contributed by atoms with van der Waals surface area (Å²) in [5.74, 6) is 0.985. The summed E-state index contributed by atoms with van der Waals surface area (Å²) in [6.45, 7) is 8.62. The van der Waals surface area contributed by atoms with Crippen LogP contribution < -0.4 is 4.90 Å². The van der Waals surface area contributed by atoms with Crippen LogP contribution in [-0.4, -0.2) is 61.7 Å². The SMILES string of the molecule is Clc1cccc(N2CCN(C3CCCN(CC4CCCC4)C3)CC2)c1. The van der Waals surface area contributed by atoms with E-state index in [2.05, 4.69) is 32.9 Å². The highest BCUT2D eigenvalue weighted by atomic mass is 35.5. The van der Waals surface area contributed by atoms with Crippen LogP contribution >= 0.6 is 11.6 Å². The van der Waals surface area contributed by atoms with E-state index in [1.165, 1.54) is 76.9 Å². The van der Waals surface area contributed by atoms with Gasteiger partial charge in [-0.25, -0.2) is 0 Å². The van der Waals surface area contributed by atoms with Gasteiger partial charge in [-0.05, 0) is 56.3 Å². The van der Waals surface area contributed by atoms with Gasteiger partial charge in [-0.2, -0.15) is 0 Å². The number of anilines is 1. The highest BCUT2D eigenvalue weighted by Gasteiger charge is 2.29. The number of likely N-dealkylation sites (tertiary alicyclic amines) is 1. The van der Waals surface area contributed by atoms with E-state index < -0.39 is 0 Å². The molecule has 3 aliphatic rings. The number of rotatable bonds is 4. The summed E-state index contributed by atoms with van der Waals surface area (Å²) < 4.78 is 0. The molecule has 0 N–H and O–H groups in total. The maximum Gasteiger partial charge on any atom is 0.0426 e. The predicted molar refractivity (Wildman–Crippen MR) is 107 cm³/mol. The van der Waals surface area contributed by atoms with Crippen LogP contribution in [0.2, 0.25) is 5.02 Å². The van der Waals surface area contributed by atoms with Crippen molar-refractivity contribution < 1.29 is 0 Å². The summed E-state index contributed by atoms with van der Waals surface area (Å²) in [5.41, 5.74) is 1.28. The first-order valence-electron chi connectivity index (χ1n) is 10.2. The van der Waals surface area contributed by atoms with Crippen molar-refractivity contribution in [2.45, 2.75) is 44.6 Å². The third-order valence-electron chi connectivity index (χ3n) is 6.48. The third kappa shape index (κ3) is 4.50. The number of piperidine rings is 1. The van der Waals surface area contributed by atoms with Gasteiger partial charge in [0.1, 0.15) is 0 Å². The molecule has 0 radical (unpaired) electrons. The molecule has 2 heterocycles. The lowest BCUT2D eigenvalue weighted by Crippen LogP contribution is -2.55. The molecule has 1 aliphatic carbocycles. The third-order valence-corrected chi connectivity index (χ3v) is 6.71. The molecule has 4 rings (SSSR count). The average Bonchev–Trinajstić information content (AvgIpc) is 3.15. The molecular formula is C21H32ClN3. The zero-order valence-corrected chi connectivity index (χ0v) is 16.1. The van der Waals surface area contributed by atoms with Gasteiger partial charge in [-0.15, -0.1) is 0 Å². The summed E-state index contributed by atoms with van der Waals surface area (Å²) in [6, 6.07) is 9.08. The molecule has 1 aromatic carbocycles. The topological polar surface area (TPSA) is 9.72 Å². The monoisotopic (exact) mass is 361 g/mol. The van der Waals surface area contributed by atoms with Gasteiger partial charge in [-0.1, -0.05) is 30.5 Å². The van der Waals surface area contributed by atoms with Crippen LogP contribution in [0.1, 0.15) is 38.5 Å². The second-order valence-corrected chi connectivity index (χ2v) is 8.65. The summed E-state index contributed by atoms with van der Waals surface area (Å²) in [7, 11) is 0. The van der Waals surface area contributed by atoms with Crippen LogP contribution in [-0.2, 0) is 0 Å². The number of halogens is 1. The molecule has 3 fully saturated rings. The van der Waals surface area contributed by atoms with Crippen molar-refractivity contribution in [3.8, 4) is 0 Å². The van der Waals surface area contributed by atoms with Crippen molar-refractivity contribution in [3.05, 3.63) is 29.3 Å². The molecule has 1 unspecified atom stereocenters. The van der Waals surface area contributed by atoms with Crippen LogP contribution in [0.15, 0.2) is 24.3 Å². The maximum absolute atomic E-state index is 6.16. The Morgan fingerprint density at radius 1 is 0.920 bits per heavy atom. The van der Waals surface area contributed by atoms with E-state index in [1.807, 2.05) is 6.07 Å². The van der Waals surface area contributed by atoms with E-state index in [0.29, 0.717) is 0 Å². The van der Waals surface area contributed by atoms with E-state index >= 15 is 0 Å². The van der Waals surface area contributed by atoms with Gasteiger partial charge in [0.25, 0.3) is 0 Å². The van der Waals surface area contributed by atoms with Crippen molar-refractivity contribution in [1.29, 1.82) is 0 Å². The first-order chi connectivity index (χ1) is 12.3. The van der Waals surface area contributed by atoms with Gasteiger partial charge >= 0.3 is 0 Å². The van der Waals surface area contributed by atoms with Gasteiger partial charge in [0.2, 0.25) is 0 Å². The van der Waals surface area contributed by atoms with Crippen LogP contribution in [0.25, 0.3) is 0 Å². The lowest BCUT2D eigenvalue weighted by Gasteiger charge is -2.44. The normalized spacial score (nSPS) is 27.1. The Labute approximate surface area is 157 Å². The van der Waals surface area contributed by atoms with E-state index in [-0.39, 0.29) is 0 Å². The fraction of sp³-hybridized carbons (Fsp3) is 0.714. The predicted octanol–water partition coefficient (Wildman–Crippen LogP) is 4.12. The molecule has 1 aromatic rings. The molecule has 25 heavy (non-hydrogen) atoms. The highest BCUT2D eigenvalue weighted by Crippen LogP contribution is 2.28. The van der Waals surface area contributed by atoms with Gasteiger partial charge in [0, 0.05) is 56.0 Å². The lowest BCUT2D eigenvalue weighted by molar-refractivity contribution is 0.0838. The molecule has 4 heteroatoms. The first-order valence-corrected chi connectivity index (χ1v) is 10.6. The number of hydrogen-bond acceptors (Lipinski definition) is 3. The van der Waals surface area contributed by atoms with Gasteiger partial charge in [0.05, 0.1) is 0 Å². The second-order valence-electron chi connectivity index (χ2n) is 8.21.